The van der Waals surface area contributed by atoms with Crippen molar-refractivity contribution in [2.75, 3.05) is 26.2 Å². The molecule has 0 unspecified atom stereocenters. The summed E-state index contributed by atoms with van der Waals surface area (Å²) >= 11 is 0. The highest BCUT2D eigenvalue weighted by molar-refractivity contribution is 5.85. The van der Waals surface area contributed by atoms with E-state index in [0.29, 0.717) is 0 Å². The number of aromatic nitrogens is 2. The maximum absolute atomic E-state index is 5.36. The van der Waals surface area contributed by atoms with Gasteiger partial charge in [0.1, 0.15) is 0 Å². The molecule has 2 aromatic rings. The maximum atomic E-state index is 5.36. The molecule has 114 valence electrons. The smallest absolute Gasteiger partial charge is 0.240 e. The van der Waals surface area contributed by atoms with E-state index in [1.807, 2.05) is 18.2 Å². The molecule has 21 heavy (non-hydrogen) atoms. The minimum atomic E-state index is 0. The van der Waals surface area contributed by atoms with E-state index in [-0.39, 0.29) is 12.4 Å². The number of rotatable bonds is 4. The van der Waals surface area contributed by atoms with Crippen molar-refractivity contribution in [3.05, 3.63) is 47.6 Å². The lowest BCUT2D eigenvalue weighted by atomic mass is 10.1. The predicted molar refractivity (Wildman–Crippen MR) is 83.6 cm³/mol. The fraction of sp³-hybridized carbons (Fsp3) is 0.467. The Morgan fingerprint density at radius 1 is 1.14 bits per heavy atom. The van der Waals surface area contributed by atoms with Crippen molar-refractivity contribution >= 4 is 12.4 Å². The number of halogens is 1. The lowest BCUT2D eigenvalue weighted by Gasteiger charge is -2.16. The largest absolute Gasteiger partial charge is 0.338 e. The van der Waals surface area contributed by atoms with Crippen LogP contribution in [0.15, 0.2) is 34.9 Å². The van der Waals surface area contributed by atoms with Crippen molar-refractivity contribution in [1.29, 1.82) is 0 Å². The summed E-state index contributed by atoms with van der Waals surface area (Å²) in [7, 11) is 0. The number of hydrogen-bond donors (Lipinski definition) is 1. The Balaban J connectivity index is 0.00000161. The first-order valence-corrected chi connectivity index (χ1v) is 7.18. The molecule has 0 spiro atoms. The van der Waals surface area contributed by atoms with Gasteiger partial charge in [0, 0.05) is 19.5 Å². The molecular formula is C15H21ClN4O. The number of hydrogen-bond acceptors (Lipinski definition) is 5. The van der Waals surface area contributed by atoms with Crippen LogP contribution < -0.4 is 5.32 Å². The molecule has 1 fully saturated rings. The van der Waals surface area contributed by atoms with Gasteiger partial charge in [0.25, 0.3) is 0 Å². The lowest BCUT2D eigenvalue weighted by molar-refractivity contribution is 0.238. The Labute approximate surface area is 131 Å². The molecule has 6 heteroatoms. The topological polar surface area (TPSA) is 54.2 Å². The molecule has 0 bridgehead atoms. The molecular weight excluding hydrogens is 288 g/mol. The average molecular weight is 309 g/mol. The zero-order valence-electron chi connectivity index (χ0n) is 12.0. The van der Waals surface area contributed by atoms with Gasteiger partial charge in [-0.15, -0.1) is 12.4 Å². The molecule has 0 amide bonds. The van der Waals surface area contributed by atoms with Crippen molar-refractivity contribution in [2.24, 2.45) is 0 Å². The highest BCUT2D eigenvalue weighted by Crippen LogP contribution is 2.08. The SMILES string of the molecule is Cl.c1ccc(Cc2noc(CN3CCCNCC3)n2)cc1. The normalized spacial score (nSPS) is 16.2. The van der Waals surface area contributed by atoms with Gasteiger partial charge in [-0.3, -0.25) is 4.90 Å². The quantitative estimate of drug-likeness (QED) is 0.934. The van der Waals surface area contributed by atoms with Crippen molar-refractivity contribution < 1.29 is 4.52 Å². The highest BCUT2D eigenvalue weighted by Gasteiger charge is 2.13. The summed E-state index contributed by atoms with van der Waals surface area (Å²) in [5, 5.41) is 7.46. The summed E-state index contributed by atoms with van der Waals surface area (Å²) in [6, 6.07) is 10.2. The van der Waals surface area contributed by atoms with Gasteiger partial charge in [-0.2, -0.15) is 4.98 Å². The third kappa shape index (κ3) is 4.81. The van der Waals surface area contributed by atoms with Crippen LogP contribution in [0.5, 0.6) is 0 Å². The highest BCUT2D eigenvalue weighted by atomic mass is 35.5. The van der Waals surface area contributed by atoms with Crippen molar-refractivity contribution in [2.45, 2.75) is 19.4 Å². The molecule has 2 heterocycles. The fourth-order valence-corrected chi connectivity index (χ4v) is 2.46. The summed E-state index contributed by atoms with van der Waals surface area (Å²) in [6.45, 7) is 5.01. The fourth-order valence-electron chi connectivity index (χ4n) is 2.46. The Bertz CT molecular complexity index is 523. The first-order chi connectivity index (χ1) is 9.90. The van der Waals surface area contributed by atoms with Gasteiger partial charge in [-0.1, -0.05) is 35.5 Å². The van der Waals surface area contributed by atoms with E-state index in [1.54, 1.807) is 0 Å². The molecule has 0 radical (unpaired) electrons. The first-order valence-electron chi connectivity index (χ1n) is 7.18. The molecule has 1 aromatic heterocycles. The second kappa shape index (κ2) is 8.12. The van der Waals surface area contributed by atoms with Gasteiger partial charge in [0.2, 0.25) is 5.89 Å². The summed E-state index contributed by atoms with van der Waals surface area (Å²) in [5.41, 5.74) is 1.21. The molecule has 0 aliphatic carbocycles. The van der Waals surface area contributed by atoms with Crippen LogP contribution >= 0.6 is 12.4 Å². The van der Waals surface area contributed by atoms with E-state index in [0.717, 1.165) is 50.9 Å². The van der Waals surface area contributed by atoms with Gasteiger partial charge in [-0.25, -0.2) is 0 Å². The van der Waals surface area contributed by atoms with Crippen molar-refractivity contribution in [3.8, 4) is 0 Å². The van der Waals surface area contributed by atoms with E-state index in [9.17, 15) is 0 Å². The zero-order chi connectivity index (χ0) is 13.6. The summed E-state index contributed by atoms with van der Waals surface area (Å²) in [6.07, 6.45) is 1.90. The van der Waals surface area contributed by atoms with Gasteiger partial charge in [0.15, 0.2) is 5.82 Å². The molecule has 5 nitrogen and oxygen atoms in total. The van der Waals surface area contributed by atoms with Crippen LogP contribution in [0.3, 0.4) is 0 Å². The van der Waals surface area contributed by atoms with E-state index in [1.165, 1.54) is 12.0 Å². The Morgan fingerprint density at radius 3 is 2.86 bits per heavy atom. The van der Waals surface area contributed by atoms with Crippen LogP contribution in [-0.2, 0) is 13.0 Å². The van der Waals surface area contributed by atoms with Crippen LogP contribution in [0.4, 0.5) is 0 Å². The minimum Gasteiger partial charge on any atom is -0.338 e. The molecule has 1 aliphatic heterocycles. The van der Waals surface area contributed by atoms with E-state index >= 15 is 0 Å². The molecule has 1 aliphatic rings. The monoisotopic (exact) mass is 308 g/mol. The molecule has 1 saturated heterocycles. The third-order valence-corrected chi connectivity index (χ3v) is 3.51. The number of benzene rings is 1. The van der Waals surface area contributed by atoms with Gasteiger partial charge in [0.05, 0.1) is 6.54 Å². The second-order valence-corrected chi connectivity index (χ2v) is 5.15. The van der Waals surface area contributed by atoms with E-state index in [4.69, 9.17) is 4.52 Å². The van der Waals surface area contributed by atoms with Crippen LogP contribution in [0.2, 0.25) is 0 Å². The lowest BCUT2D eigenvalue weighted by Crippen LogP contribution is -2.27. The number of nitrogens with zero attached hydrogens (tertiary/aromatic N) is 3. The van der Waals surface area contributed by atoms with Crippen LogP contribution in [0.1, 0.15) is 23.7 Å². The van der Waals surface area contributed by atoms with Crippen LogP contribution in [0, 0.1) is 0 Å². The minimum absolute atomic E-state index is 0. The summed E-state index contributed by atoms with van der Waals surface area (Å²) in [4.78, 5) is 6.85. The Kier molecular flexibility index (Phi) is 6.17. The average Bonchev–Trinajstić information content (AvgIpc) is 2.74. The molecule has 3 rings (SSSR count). The molecule has 1 aromatic carbocycles. The van der Waals surface area contributed by atoms with Crippen LogP contribution in [0.25, 0.3) is 0 Å². The van der Waals surface area contributed by atoms with Crippen molar-refractivity contribution in [1.82, 2.24) is 20.4 Å². The number of nitrogens with one attached hydrogen (secondary N) is 1. The third-order valence-electron chi connectivity index (χ3n) is 3.51. The van der Waals surface area contributed by atoms with E-state index < -0.39 is 0 Å². The molecule has 0 atom stereocenters. The maximum Gasteiger partial charge on any atom is 0.240 e. The molecule has 0 saturated carbocycles. The van der Waals surface area contributed by atoms with Crippen molar-refractivity contribution in [3.63, 3.8) is 0 Å². The Hall–Kier alpha value is -1.43. The standard InChI is InChI=1S/C15H20N4O.ClH/c1-2-5-13(6-3-1)11-14-17-15(20-18-14)12-19-9-4-7-16-8-10-19;/h1-3,5-6,16H,4,7-12H2;1H. The van der Waals surface area contributed by atoms with Crippen LogP contribution in [-0.4, -0.2) is 41.2 Å². The van der Waals surface area contributed by atoms with Gasteiger partial charge in [-0.05, 0) is 25.1 Å². The first kappa shape index (κ1) is 15.9. The van der Waals surface area contributed by atoms with E-state index in [2.05, 4.69) is 32.5 Å². The van der Waals surface area contributed by atoms with Gasteiger partial charge < -0.3 is 9.84 Å². The predicted octanol–water partition coefficient (Wildman–Crippen LogP) is 1.88. The molecule has 1 N–H and O–H groups in total. The zero-order valence-corrected chi connectivity index (χ0v) is 12.8. The summed E-state index contributed by atoms with van der Waals surface area (Å²) < 4.78 is 5.36. The Morgan fingerprint density at radius 2 is 2.00 bits per heavy atom. The summed E-state index contributed by atoms with van der Waals surface area (Å²) in [5.74, 6) is 1.48. The van der Waals surface area contributed by atoms with Gasteiger partial charge >= 0.3 is 0 Å². The second-order valence-electron chi connectivity index (χ2n) is 5.15.